The maximum absolute atomic E-state index is 11.5. The van der Waals surface area contributed by atoms with Crippen LogP contribution in [0, 0.1) is 13.8 Å². The van der Waals surface area contributed by atoms with Crippen LogP contribution >= 0.6 is 0 Å². The highest BCUT2D eigenvalue weighted by Crippen LogP contribution is 2.29. The van der Waals surface area contributed by atoms with Gasteiger partial charge in [-0.3, -0.25) is 9.59 Å². The molecule has 0 aliphatic carbocycles. The lowest BCUT2D eigenvalue weighted by Gasteiger charge is -2.18. The zero-order valence-corrected chi connectivity index (χ0v) is 28.8. The van der Waals surface area contributed by atoms with Gasteiger partial charge in [0.25, 0.3) is 0 Å². The van der Waals surface area contributed by atoms with Gasteiger partial charge in [-0.1, -0.05) is 36.4 Å². The second-order valence-corrected chi connectivity index (χ2v) is 12.5. The van der Waals surface area contributed by atoms with Crippen molar-refractivity contribution in [2.24, 2.45) is 0 Å². The van der Waals surface area contributed by atoms with Crippen molar-refractivity contribution in [3.05, 3.63) is 132 Å². The van der Waals surface area contributed by atoms with E-state index >= 15 is 0 Å². The third-order valence-electron chi connectivity index (χ3n) is 8.53. The molecule has 0 unspecified atom stereocenters. The largest absolute Gasteiger partial charge is 0.340 e. The van der Waals surface area contributed by atoms with Crippen molar-refractivity contribution in [2.75, 3.05) is 31.9 Å². The van der Waals surface area contributed by atoms with Gasteiger partial charge in [0.1, 0.15) is 11.6 Å². The molecule has 2 aliphatic heterocycles. The van der Waals surface area contributed by atoms with Crippen LogP contribution in [0.15, 0.2) is 109 Å². The molecule has 4 heterocycles. The summed E-state index contributed by atoms with van der Waals surface area (Å²) in [5.41, 5.74) is 9.68. The highest BCUT2D eigenvalue weighted by Gasteiger charge is 2.16. The highest BCUT2D eigenvalue weighted by molar-refractivity contribution is 5.95. The lowest BCUT2D eigenvalue weighted by atomic mass is 10.0. The molecule has 0 fully saturated rings. The molecule has 52 heavy (non-hydrogen) atoms. The van der Waals surface area contributed by atoms with E-state index in [1.807, 2.05) is 105 Å². The summed E-state index contributed by atoms with van der Waals surface area (Å²) in [4.78, 5) is 40.8. The number of para-hydroxylation sites is 2. The zero-order valence-electron chi connectivity index (χ0n) is 28.8. The number of aryl methyl sites for hydroxylation is 4. The summed E-state index contributed by atoms with van der Waals surface area (Å²) in [5.74, 6) is 2.71. The van der Waals surface area contributed by atoms with Crippen LogP contribution in [0.4, 0.5) is 57.7 Å². The number of fused-ring (bicyclic) bond motifs is 2. The molecule has 8 rings (SSSR count). The van der Waals surface area contributed by atoms with Crippen molar-refractivity contribution in [2.45, 2.75) is 39.5 Å². The number of rotatable bonds is 8. The number of amides is 2. The number of hydrogen-bond acceptors (Lipinski definition) is 10. The van der Waals surface area contributed by atoms with E-state index in [4.69, 9.17) is 0 Å². The molecular weight excluding hydrogens is 653 g/mol. The van der Waals surface area contributed by atoms with Crippen LogP contribution in [0.5, 0.6) is 0 Å². The van der Waals surface area contributed by atoms with Crippen molar-refractivity contribution >= 4 is 69.5 Å². The summed E-state index contributed by atoms with van der Waals surface area (Å²) in [6.07, 6.45) is 6.11. The predicted molar refractivity (Wildman–Crippen MR) is 206 cm³/mol. The van der Waals surface area contributed by atoms with Crippen LogP contribution in [0.3, 0.4) is 0 Å². The van der Waals surface area contributed by atoms with Gasteiger partial charge in [0, 0.05) is 70.5 Å². The number of carbonyl (C=O) groups is 2. The van der Waals surface area contributed by atoms with Crippen LogP contribution in [0.2, 0.25) is 0 Å². The van der Waals surface area contributed by atoms with E-state index in [0.29, 0.717) is 24.7 Å². The second kappa shape index (κ2) is 15.4. The summed E-state index contributed by atoms with van der Waals surface area (Å²) in [6.45, 7) is 3.93. The van der Waals surface area contributed by atoms with E-state index in [2.05, 4.69) is 57.9 Å². The number of hydrogen-bond donors (Lipinski definition) is 6. The first-order valence-electron chi connectivity index (χ1n) is 17.1. The van der Waals surface area contributed by atoms with Crippen LogP contribution in [-0.2, 0) is 22.4 Å². The summed E-state index contributed by atoms with van der Waals surface area (Å²) in [6, 6.07) is 31.5. The minimum absolute atomic E-state index is 0.0664. The Balaban J connectivity index is 0.000000162. The summed E-state index contributed by atoms with van der Waals surface area (Å²) in [5, 5.41) is 18.9. The van der Waals surface area contributed by atoms with E-state index in [9.17, 15) is 9.59 Å². The van der Waals surface area contributed by atoms with Gasteiger partial charge in [-0.2, -0.15) is 9.97 Å². The number of benzene rings is 4. The Morgan fingerprint density at radius 2 is 0.923 bits per heavy atom. The molecule has 260 valence electrons. The first-order chi connectivity index (χ1) is 25.3. The minimum atomic E-state index is 0.0664. The average molecular weight is 691 g/mol. The fourth-order valence-corrected chi connectivity index (χ4v) is 5.75. The first-order valence-corrected chi connectivity index (χ1v) is 17.1. The molecule has 2 aliphatic rings. The van der Waals surface area contributed by atoms with Gasteiger partial charge >= 0.3 is 0 Å². The Hall–Kier alpha value is -6.82. The van der Waals surface area contributed by atoms with Crippen molar-refractivity contribution < 1.29 is 9.59 Å². The van der Waals surface area contributed by atoms with Gasteiger partial charge in [-0.25, -0.2) is 9.97 Å². The molecule has 0 bridgehead atoms. The highest BCUT2D eigenvalue weighted by atomic mass is 16.2. The zero-order chi connectivity index (χ0) is 35.9. The SMILES string of the molecule is Cc1cnc(Nc2ccc3c(c2)CCC(=O)N3)nc1Nc1ccccc1.Cc1cnc(Nc2ccccc2)nc1Nc1ccc2c(c1)CCC(=O)N2. The van der Waals surface area contributed by atoms with E-state index < -0.39 is 0 Å². The smallest absolute Gasteiger partial charge is 0.229 e. The summed E-state index contributed by atoms with van der Waals surface area (Å²) < 4.78 is 0. The third kappa shape index (κ3) is 8.48. The van der Waals surface area contributed by atoms with Gasteiger partial charge < -0.3 is 31.9 Å². The maximum atomic E-state index is 11.5. The Morgan fingerprint density at radius 1 is 0.500 bits per heavy atom. The van der Waals surface area contributed by atoms with Crippen LogP contribution in [-0.4, -0.2) is 31.8 Å². The Bertz CT molecular complexity index is 2230. The van der Waals surface area contributed by atoms with Crippen LogP contribution in [0.1, 0.15) is 35.1 Å². The molecule has 0 saturated heterocycles. The quantitative estimate of drug-likeness (QED) is 0.0918. The molecule has 0 atom stereocenters. The van der Waals surface area contributed by atoms with Crippen molar-refractivity contribution in [1.29, 1.82) is 0 Å². The van der Waals surface area contributed by atoms with E-state index in [-0.39, 0.29) is 11.8 Å². The third-order valence-corrected chi connectivity index (χ3v) is 8.53. The lowest BCUT2D eigenvalue weighted by Crippen LogP contribution is -2.18. The standard InChI is InChI=1S/2C20H19N5O/c1-13-12-21-20(23-15-5-3-2-4-6-15)25-19(13)22-16-8-9-17-14(11-16)7-10-18(26)24-17;1-13-12-21-20(25-19(13)22-15-5-3-2-4-6-15)23-16-8-9-17-14(11-16)7-10-18(26)24-17/h2*2-6,8-9,11-12H,7,10H2,1H3,(H,24,26)(H2,21,22,23,25). The van der Waals surface area contributed by atoms with Gasteiger partial charge in [-0.15, -0.1) is 0 Å². The molecule has 6 aromatic rings. The minimum Gasteiger partial charge on any atom is -0.340 e. The van der Waals surface area contributed by atoms with Crippen molar-refractivity contribution in [1.82, 2.24) is 19.9 Å². The first kappa shape index (κ1) is 33.7. The van der Waals surface area contributed by atoms with Gasteiger partial charge in [0.05, 0.1) is 0 Å². The molecule has 0 saturated carbocycles. The molecule has 4 aromatic carbocycles. The average Bonchev–Trinajstić information content (AvgIpc) is 3.16. The molecule has 2 amide bonds. The van der Waals surface area contributed by atoms with Crippen LogP contribution < -0.4 is 31.9 Å². The topological polar surface area (TPSA) is 158 Å². The molecular formula is C40H38N10O2. The second-order valence-electron chi connectivity index (χ2n) is 12.5. The van der Waals surface area contributed by atoms with E-state index in [1.54, 1.807) is 12.4 Å². The molecule has 0 radical (unpaired) electrons. The number of carbonyl (C=O) groups excluding carboxylic acids is 2. The fourth-order valence-electron chi connectivity index (χ4n) is 5.75. The molecule has 6 N–H and O–H groups in total. The van der Waals surface area contributed by atoms with Crippen molar-refractivity contribution in [3.63, 3.8) is 0 Å². The predicted octanol–water partition coefficient (Wildman–Crippen LogP) is 8.31. The fraction of sp³-hybridized carbons (Fsp3) is 0.150. The Labute approximate surface area is 301 Å². The van der Waals surface area contributed by atoms with Crippen LogP contribution in [0.25, 0.3) is 0 Å². The number of aromatic nitrogens is 4. The normalized spacial score (nSPS) is 12.9. The molecule has 12 nitrogen and oxygen atoms in total. The Kier molecular flexibility index (Phi) is 9.96. The van der Waals surface area contributed by atoms with Gasteiger partial charge in [0.2, 0.25) is 23.7 Å². The summed E-state index contributed by atoms with van der Waals surface area (Å²) in [7, 11) is 0. The number of anilines is 10. The molecule has 12 heteroatoms. The molecule has 2 aromatic heterocycles. The van der Waals surface area contributed by atoms with Gasteiger partial charge in [0.15, 0.2) is 0 Å². The number of nitrogens with zero attached hydrogens (tertiary/aromatic N) is 4. The monoisotopic (exact) mass is 690 g/mol. The maximum Gasteiger partial charge on any atom is 0.229 e. The van der Waals surface area contributed by atoms with Gasteiger partial charge in [-0.05, 0) is 98.5 Å². The van der Waals surface area contributed by atoms with E-state index in [1.165, 1.54) is 0 Å². The van der Waals surface area contributed by atoms with E-state index in [0.717, 1.165) is 80.9 Å². The number of nitrogens with one attached hydrogen (secondary N) is 6. The lowest BCUT2D eigenvalue weighted by molar-refractivity contribution is -0.117. The Morgan fingerprint density at radius 3 is 1.42 bits per heavy atom. The molecule has 0 spiro atoms. The summed E-state index contributed by atoms with van der Waals surface area (Å²) >= 11 is 0. The van der Waals surface area contributed by atoms with Crippen molar-refractivity contribution in [3.8, 4) is 0 Å².